The predicted octanol–water partition coefficient (Wildman–Crippen LogP) is 4.27. The Morgan fingerprint density at radius 2 is 1.83 bits per heavy atom. The van der Waals surface area contributed by atoms with Gasteiger partial charge in [0.1, 0.15) is 5.76 Å². The molecule has 154 valence electrons. The van der Waals surface area contributed by atoms with E-state index < -0.39 is 0 Å². The normalized spacial score (nSPS) is 19.1. The Morgan fingerprint density at radius 1 is 1.03 bits per heavy atom. The second kappa shape index (κ2) is 7.76. The van der Waals surface area contributed by atoms with Crippen molar-refractivity contribution in [2.45, 2.75) is 25.7 Å². The Labute approximate surface area is 180 Å². The van der Waals surface area contributed by atoms with Gasteiger partial charge in [-0.25, -0.2) is 9.97 Å². The van der Waals surface area contributed by atoms with Crippen molar-refractivity contribution in [3.8, 4) is 0 Å². The van der Waals surface area contributed by atoms with Crippen molar-refractivity contribution in [1.82, 2.24) is 9.97 Å². The first kappa shape index (κ1) is 19.1. The summed E-state index contributed by atoms with van der Waals surface area (Å²) >= 11 is 6.14. The summed E-state index contributed by atoms with van der Waals surface area (Å²) in [6.45, 7) is 5.29. The number of furan rings is 1. The number of fused-ring (bicyclic) bond motifs is 1. The van der Waals surface area contributed by atoms with Crippen molar-refractivity contribution in [3.63, 3.8) is 0 Å². The number of nitrogens with zero attached hydrogens (tertiary/aromatic N) is 4. The lowest BCUT2D eigenvalue weighted by Crippen LogP contribution is -2.47. The van der Waals surface area contributed by atoms with Crippen LogP contribution in [0.3, 0.4) is 0 Å². The van der Waals surface area contributed by atoms with Crippen LogP contribution in [0.4, 0.5) is 11.6 Å². The van der Waals surface area contributed by atoms with Gasteiger partial charge in [0.2, 0.25) is 5.95 Å². The molecule has 1 aliphatic heterocycles. The zero-order chi connectivity index (χ0) is 20.7. The van der Waals surface area contributed by atoms with Crippen LogP contribution < -0.4 is 9.80 Å². The zero-order valence-electron chi connectivity index (χ0n) is 16.8. The monoisotopic (exact) mass is 422 g/mol. The number of carbonyl (C=O) groups excluding carboxylic acids is 1. The third-order valence-electron chi connectivity index (χ3n) is 5.98. The van der Waals surface area contributed by atoms with Crippen molar-refractivity contribution in [2.24, 2.45) is 0 Å². The van der Waals surface area contributed by atoms with Gasteiger partial charge in [-0.2, -0.15) is 0 Å². The van der Waals surface area contributed by atoms with E-state index in [0.717, 1.165) is 54.0 Å². The second-order valence-corrected chi connectivity index (χ2v) is 8.36. The minimum atomic E-state index is 0.0434. The molecule has 1 aromatic carbocycles. The number of hydrogen-bond acceptors (Lipinski definition) is 6. The molecule has 2 aliphatic rings. The number of hydrogen-bond donors (Lipinski definition) is 0. The minimum Gasteiger partial charge on any atom is -0.469 e. The number of benzene rings is 1. The summed E-state index contributed by atoms with van der Waals surface area (Å²) in [7, 11) is 0. The Kier molecular flexibility index (Phi) is 4.95. The fourth-order valence-corrected chi connectivity index (χ4v) is 4.65. The van der Waals surface area contributed by atoms with Gasteiger partial charge in [-0.15, -0.1) is 0 Å². The van der Waals surface area contributed by atoms with Gasteiger partial charge in [0, 0.05) is 55.6 Å². The molecule has 0 radical (unpaired) electrons. The molecule has 30 heavy (non-hydrogen) atoms. The molecule has 1 fully saturated rings. The molecule has 0 unspecified atom stereocenters. The van der Waals surface area contributed by atoms with E-state index in [4.69, 9.17) is 26.0 Å². The summed E-state index contributed by atoms with van der Waals surface area (Å²) < 4.78 is 5.55. The quantitative estimate of drug-likeness (QED) is 0.628. The van der Waals surface area contributed by atoms with Crippen molar-refractivity contribution in [1.29, 1.82) is 0 Å². The smallest absolute Gasteiger partial charge is 0.225 e. The summed E-state index contributed by atoms with van der Waals surface area (Å²) in [6, 6.07) is 11.8. The lowest BCUT2D eigenvalue weighted by Gasteiger charge is -2.36. The largest absolute Gasteiger partial charge is 0.469 e. The van der Waals surface area contributed by atoms with Crippen molar-refractivity contribution >= 4 is 29.0 Å². The molecule has 1 saturated heterocycles. The van der Waals surface area contributed by atoms with Crippen LogP contribution in [-0.2, 0) is 6.42 Å². The number of piperazine rings is 1. The van der Waals surface area contributed by atoms with Crippen LogP contribution in [0.1, 0.15) is 39.8 Å². The third kappa shape index (κ3) is 3.56. The predicted molar refractivity (Wildman–Crippen MR) is 117 cm³/mol. The number of Topliss-reactive ketones (excluding diaryl/α,β-unsaturated/α-hetero) is 1. The Hall–Kier alpha value is -2.86. The van der Waals surface area contributed by atoms with Crippen molar-refractivity contribution in [3.05, 3.63) is 70.4 Å². The molecule has 1 atom stereocenters. The number of ketones is 1. The SMILES string of the molecule is Cc1nc(N2CCN(c3cccc(Cl)c3)CC2)nc2c1C(=O)C[C@@H](c1ccco1)C2. The minimum absolute atomic E-state index is 0.0434. The van der Waals surface area contributed by atoms with Crippen molar-refractivity contribution in [2.75, 3.05) is 36.0 Å². The molecule has 3 heterocycles. The zero-order valence-corrected chi connectivity index (χ0v) is 17.6. The molecule has 3 aromatic rings. The molecule has 1 aliphatic carbocycles. The van der Waals surface area contributed by atoms with E-state index in [0.29, 0.717) is 24.4 Å². The number of rotatable bonds is 3. The van der Waals surface area contributed by atoms with Crippen LogP contribution >= 0.6 is 11.6 Å². The lowest BCUT2D eigenvalue weighted by atomic mass is 9.84. The average molecular weight is 423 g/mol. The molecule has 0 amide bonds. The van der Waals surface area contributed by atoms with E-state index in [1.165, 1.54) is 0 Å². The summed E-state index contributed by atoms with van der Waals surface area (Å²) in [5, 5.41) is 0.749. The highest BCUT2D eigenvalue weighted by molar-refractivity contribution is 6.30. The fraction of sp³-hybridized carbons (Fsp3) is 0.348. The van der Waals surface area contributed by atoms with Gasteiger partial charge >= 0.3 is 0 Å². The molecule has 5 rings (SSSR count). The molecule has 2 aromatic heterocycles. The first-order valence-electron chi connectivity index (χ1n) is 10.3. The standard InChI is InChI=1S/C23H23ClN4O2/c1-15-22-19(12-16(13-20(22)29)21-6-3-11-30-21)26-23(25-15)28-9-7-27(8-10-28)18-5-2-4-17(24)14-18/h2-6,11,14,16H,7-10,12-13H2,1H3/t16-/m0/s1. The molecule has 7 heteroatoms. The van der Waals surface area contributed by atoms with E-state index in [1.807, 2.05) is 37.3 Å². The highest BCUT2D eigenvalue weighted by atomic mass is 35.5. The summed E-state index contributed by atoms with van der Waals surface area (Å²) in [4.78, 5) is 26.8. The number of aromatic nitrogens is 2. The Morgan fingerprint density at radius 3 is 2.57 bits per heavy atom. The van der Waals surface area contributed by atoms with Crippen LogP contribution in [0.5, 0.6) is 0 Å². The van der Waals surface area contributed by atoms with Crippen molar-refractivity contribution < 1.29 is 9.21 Å². The maximum atomic E-state index is 12.8. The van der Waals surface area contributed by atoms with Crippen LogP contribution in [0.2, 0.25) is 5.02 Å². The van der Waals surface area contributed by atoms with Crippen LogP contribution in [0, 0.1) is 6.92 Å². The summed E-state index contributed by atoms with van der Waals surface area (Å²) in [6.07, 6.45) is 2.81. The molecule has 0 bridgehead atoms. The van der Waals surface area contributed by atoms with E-state index in [2.05, 4.69) is 15.9 Å². The highest BCUT2D eigenvalue weighted by Gasteiger charge is 2.32. The lowest BCUT2D eigenvalue weighted by molar-refractivity contribution is 0.0958. The molecular weight excluding hydrogens is 400 g/mol. The molecular formula is C23H23ClN4O2. The van der Waals surface area contributed by atoms with E-state index in [9.17, 15) is 4.79 Å². The number of anilines is 2. The molecule has 0 spiro atoms. The van der Waals surface area contributed by atoms with Crippen LogP contribution in [0.25, 0.3) is 0 Å². The van der Waals surface area contributed by atoms with Crippen LogP contribution in [-0.4, -0.2) is 41.9 Å². The second-order valence-electron chi connectivity index (χ2n) is 7.93. The van der Waals surface area contributed by atoms with Crippen LogP contribution in [0.15, 0.2) is 47.1 Å². The van der Waals surface area contributed by atoms with Gasteiger partial charge in [-0.05, 0) is 37.3 Å². The highest BCUT2D eigenvalue weighted by Crippen LogP contribution is 2.34. The summed E-state index contributed by atoms with van der Waals surface area (Å²) in [5.74, 6) is 1.71. The maximum absolute atomic E-state index is 12.8. The Balaban J connectivity index is 1.36. The van der Waals surface area contributed by atoms with Gasteiger partial charge < -0.3 is 14.2 Å². The maximum Gasteiger partial charge on any atom is 0.225 e. The number of halogens is 1. The molecule has 6 nitrogen and oxygen atoms in total. The first-order valence-corrected chi connectivity index (χ1v) is 10.7. The van der Waals surface area contributed by atoms with Gasteiger partial charge in [0.15, 0.2) is 5.78 Å². The molecule has 0 N–H and O–H groups in total. The average Bonchev–Trinajstić information content (AvgIpc) is 3.28. The van der Waals surface area contributed by atoms with E-state index >= 15 is 0 Å². The first-order chi connectivity index (χ1) is 14.6. The number of aryl methyl sites for hydroxylation is 1. The van der Waals surface area contributed by atoms with E-state index in [-0.39, 0.29) is 11.7 Å². The van der Waals surface area contributed by atoms with E-state index in [1.54, 1.807) is 6.26 Å². The fourth-order valence-electron chi connectivity index (χ4n) is 4.46. The molecule has 0 saturated carbocycles. The third-order valence-corrected chi connectivity index (χ3v) is 6.22. The van der Waals surface area contributed by atoms with Gasteiger partial charge in [-0.3, -0.25) is 4.79 Å². The van der Waals surface area contributed by atoms with Gasteiger partial charge in [-0.1, -0.05) is 17.7 Å². The number of carbonyl (C=O) groups is 1. The topological polar surface area (TPSA) is 62.5 Å². The Bertz CT molecular complexity index is 1070. The van der Waals surface area contributed by atoms with Gasteiger partial charge in [0.05, 0.1) is 23.2 Å². The summed E-state index contributed by atoms with van der Waals surface area (Å²) in [5.41, 5.74) is 3.44. The van der Waals surface area contributed by atoms with Gasteiger partial charge in [0.25, 0.3) is 0 Å².